The molecule has 0 rings (SSSR count). The van der Waals surface area contributed by atoms with Crippen LogP contribution in [-0.4, -0.2) is 26.7 Å². The average molecular weight is 236 g/mol. The second kappa shape index (κ2) is 7.84. The lowest BCUT2D eigenvalue weighted by Gasteiger charge is -2.05. The van der Waals surface area contributed by atoms with Crippen LogP contribution in [0.1, 0.15) is 39.5 Å². The molecule has 0 aromatic carbocycles. The molecule has 4 nitrogen and oxygen atoms in total. The standard InChI is InChI=1S/C10H20O4S/c1-3-4-5-6-9-14-15(12,13)10(2)7-8-11/h7,11H,3-6,8-9H2,1-2H3. The first-order valence-corrected chi connectivity index (χ1v) is 6.62. The Morgan fingerprint density at radius 1 is 1.33 bits per heavy atom. The Bertz CT molecular complexity index is 280. The van der Waals surface area contributed by atoms with E-state index in [-0.39, 0.29) is 18.1 Å². The lowest BCUT2D eigenvalue weighted by atomic mass is 10.2. The molecule has 0 aliphatic rings. The van der Waals surface area contributed by atoms with E-state index < -0.39 is 10.1 Å². The highest BCUT2D eigenvalue weighted by Gasteiger charge is 2.12. The summed E-state index contributed by atoms with van der Waals surface area (Å²) >= 11 is 0. The van der Waals surface area contributed by atoms with Gasteiger partial charge in [-0.3, -0.25) is 4.18 Å². The molecule has 1 N–H and O–H groups in total. The van der Waals surface area contributed by atoms with Crippen LogP contribution < -0.4 is 0 Å². The number of hydrogen-bond acceptors (Lipinski definition) is 4. The zero-order valence-electron chi connectivity index (χ0n) is 9.40. The average Bonchev–Trinajstić information content (AvgIpc) is 2.18. The number of rotatable bonds is 8. The Morgan fingerprint density at radius 2 is 2.00 bits per heavy atom. The van der Waals surface area contributed by atoms with Crippen molar-refractivity contribution in [3.63, 3.8) is 0 Å². The molecule has 0 aromatic rings. The monoisotopic (exact) mass is 236 g/mol. The van der Waals surface area contributed by atoms with Gasteiger partial charge < -0.3 is 5.11 Å². The minimum absolute atomic E-state index is 0.0699. The molecule has 0 fully saturated rings. The van der Waals surface area contributed by atoms with Gasteiger partial charge in [0.25, 0.3) is 10.1 Å². The van der Waals surface area contributed by atoms with Crippen molar-refractivity contribution in [3.8, 4) is 0 Å². The van der Waals surface area contributed by atoms with Gasteiger partial charge in [-0.05, 0) is 19.4 Å². The molecule has 0 bridgehead atoms. The number of aliphatic hydroxyl groups is 1. The number of allylic oxidation sites excluding steroid dienone is 1. The van der Waals surface area contributed by atoms with Crippen molar-refractivity contribution in [3.05, 3.63) is 11.0 Å². The van der Waals surface area contributed by atoms with E-state index in [2.05, 4.69) is 6.92 Å². The van der Waals surface area contributed by atoms with Crippen LogP contribution >= 0.6 is 0 Å². The minimum Gasteiger partial charge on any atom is -0.392 e. The topological polar surface area (TPSA) is 63.6 Å². The molecule has 0 aromatic heterocycles. The van der Waals surface area contributed by atoms with Gasteiger partial charge in [-0.1, -0.05) is 26.2 Å². The maximum Gasteiger partial charge on any atom is 0.292 e. The molecule has 0 atom stereocenters. The second-order valence-corrected chi connectivity index (χ2v) is 5.12. The molecule has 0 heterocycles. The van der Waals surface area contributed by atoms with E-state index in [1.807, 2.05) is 0 Å². The van der Waals surface area contributed by atoms with E-state index in [0.29, 0.717) is 0 Å². The van der Waals surface area contributed by atoms with Crippen molar-refractivity contribution in [1.29, 1.82) is 0 Å². The predicted octanol–water partition coefficient (Wildman–Crippen LogP) is 1.81. The van der Waals surface area contributed by atoms with Crippen molar-refractivity contribution in [2.45, 2.75) is 39.5 Å². The van der Waals surface area contributed by atoms with Crippen LogP contribution in [0.3, 0.4) is 0 Å². The third-order valence-corrected chi connectivity index (χ3v) is 3.44. The van der Waals surface area contributed by atoms with Crippen molar-refractivity contribution in [2.24, 2.45) is 0 Å². The SMILES string of the molecule is CCCCCCOS(=O)(=O)C(C)=CCO. The van der Waals surface area contributed by atoms with E-state index in [1.54, 1.807) is 0 Å². The van der Waals surface area contributed by atoms with Gasteiger partial charge in [0, 0.05) is 0 Å². The molecule has 0 unspecified atom stereocenters. The van der Waals surface area contributed by atoms with E-state index in [1.165, 1.54) is 13.0 Å². The lowest BCUT2D eigenvalue weighted by Crippen LogP contribution is -2.08. The second-order valence-electron chi connectivity index (χ2n) is 3.33. The zero-order chi connectivity index (χ0) is 11.7. The van der Waals surface area contributed by atoms with Crippen LogP contribution in [0, 0.1) is 0 Å². The van der Waals surface area contributed by atoms with Crippen LogP contribution in [0.2, 0.25) is 0 Å². The third kappa shape index (κ3) is 6.65. The highest BCUT2D eigenvalue weighted by atomic mass is 32.2. The molecule has 15 heavy (non-hydrogen) atoms. The number of aliphatic hydroxyl groups excluding tert-OH is 1. The van der Waals surface area contributed by atoms with Gasteiger partial charge in [-0.25, -0.2) is 0 Å². The fourth-order valence-corrected chi connectivity index (χ4v) is 1.82. The summed E-state index contributed by atoms with van der Waals surface area (Å²) in [4.78, 5) is 0.0699. The Morgan fingerprint density at radius 3 is 2.53 bits per heavy atom. The number of hydrogen-bond donors (Lipinski definition) is 1. The maximum absolute atomic E-state index is 11.4. The largest absolute Gasteiger partial charge is 0.392 e. The normalized spacial score (nSPS) is 13.1. The van der Waals surface area contributed by atoms with Gasteiger partial charge in [0.15, 0.2) is 0 Å². The molecule has 0 aliphatic carbocycles. The molecular weight excluding hydrogens is 216 g/mol. The van der Waals surface area contributed by atoms with E-state index >= 15 is 0 Å². The van der Waals surface area contributed by atoms with Gasteiger partial charge in [0.2, 0.25) is 0 Å². The molecule has 5 heteroatoms. The van der Waals surface area contributed by atoms with Crippen LogP contribution in [0.15, 0.2) is 11.0 Å². The fourth-order valence-electron chi connectivity index (χ4n) is 1.02. The Labute approximate surface area is 92.1 Å². The van der Waals surface area contributed by atoms with Crippen molar-refractivity contribution < 1.29 is 17.7 Å². The van der Waals surface area contributed by atoms with Gasteiger partial charge >= 0.3 is 0 Å². The Balaban J connectivity index is 3.90. The van der Waals surface area contributed by atoms with Crippen LogP contribution in [0.5, 0.6) is 0 Å². The van der Waals surface area contributed by atoms with Gasteiger partial charge in [0.05, 0.1) is 18.1 Å². The van der Waals surface area contributed by atoms with Crippen molar-refractivity contribution in [2.75, 3.05) is 13.2 Å². The Hall–Kier alpha value is -0.390. The van der Waals surface area contributed by atoms with Crippen LogP contribution in [-0.2, 0) is 14.3 Å². The third-order valence-electron chi connectivity index (χ3n) is 2.01. The van der Waals surface area contributed by atoms with Gasteiger partial charge in [-0.2, -0.15) is 8.42 Å². The zero-order valence-corrected chi connectivity index (χ0v) is 10.2. The molecule has 90 valence electrons. The van der Waals surface area contributed by atoms with Gasteiger partial charge in [-0.15, -0.1) is 0 Å². The highest BCUT2D eigenvalue weighted by molar-refractivity contribution is 7.90. The first-order valence-electron chi connectivity index (χ1n) is 5.21. The quantitative estimate of drug-likeness (QED) is 0.515. The lowest BCUT2D eigenvalue weighted by molar-refractivity contribution is 0.309. The summed E-state index contributed by atoms with van der Waals surface area (Å²) in [5.41, 5.74) is 0. The molecule has 0 saturated carbocycles. The summed E-state index contributed by atoms with van der Waals surface area (Å²) in [7, 11) is -3.61. The smallest absolute Gasteiger partial charge is 0.292 e. The predicted molar refractivity (Wildman–Crippen MR) is 59.9 cm³/mol. The van der Waals surface area contributed by atoms with Crippen LogP contribution in [0.4, 0.5) is 0 Å². The summed E-state index contributed by atoms with van der Waals surface area (Å²) in [5, 5.41) is 8.55. The van der Waals surface area contributed by atoms with Gasteiger partial charge in [0.1, 0.15) is 0 Å². The maximum atomic E-state index is 11.4. The van der Waals surface area contributed by atoms with E-state index in [9.17, 15) is 8.42 Å². The summed E-state index contributed by atoms with van der Waals surface area (Å²) in [6.07, 6.45) is 5.15. The molecule has 0 amide bonds. The summed E-state index contributed by atoms with van der Waals surface area (Å²) in [5.74, 6) is 0. The fraction of sp³-hybridized carbons (Fsp3) is 0.800. The van der Waals surface area contributed by atoms with E-state index in [4.69, 9.17) is 9.29 Å². The van der Waals surface area contributed by atoms with Crippen molar-refractivity contribution >= 4 is 10.1 Å². The first-order chi connectivity index (χ1) is 7.04. The Kier molecular flexibility index (Phi) is 7.64. The number of unbranched alkanes of at least 4 members (excludes halogenated alkanes) is 3. The molecule has 0 saturated heterocycles. The summed E-state index contributed by atoms with van der Waals surface area (Å²) in [6.45, 7) is 3.44. The van der Waals surface area contributed by atoms with E-state index in [0.717, 1.165) is 25.7 Å². The highest BCUT2D eigenvalue weighted by Crippen LogP contribution is 2.09. The molecule has 0 radical (unpaired) electrons. The minimum atomic E-state index is -3.61. The first kappa shape index (κ1) is 14.6. The summed E-state index contributed by atoms with van der Waals surface area (Å²) in [6, 6.07) is 0. The summed E-state index contributed by atoms with van der Waals surface area (Å²) < 4.78 is 27.5. The molecule has 0 spiro atoms. The molecule has 0 aliphatic heterocycles. The van der Waals surface area contributed by atoms with Crippen LogP contribution in [0.25, 0.3) is 0 Å². The van der Waals surface area contributed by atoms with Crippen molar-refractivity contribution in [1.82, 2.24) is 0 Å². The molecular formula is C10H20O4S.